The lowest BCUT2D eigenvalue weighted by Gasteiger charge is -2.11. The molecule has 0 aliphatic rings. The van der Waals surface area contributed by atoms with Crippen LogP contribution in [0, 0.1) is 13.8 Å². The van der Waals surface area contributed by atoms with Gasteiger partial charge in [-0.15, -0.1) is 0 Å². The van der Waals surface area contributed by atoms with Crippen molar-refractivity contribution in [3.63, 3.8) is 0 Å². The number of hydrogen-bond donors (Lipinski definition) is 3. The summed E-state index contributed by atoms with van der Waals surface area (Å²) in [5.41, 5.74) is 1.72. The molecule has 9 nitrogen and oxygen atoms in total. The van der Waals surface area contributed by atoms with Crippen LogP contribution in [-0.2, 0) is 0 Å². The molecule has 0 aliphatic carbocycles. The SMILES string of the molecule is C/C=C\c1ncnc(Oc2ccc(NC(=O)Nc3cc(C)on3)c(O)c2)c1C. The molecule has 0 atom stereocenters. The molecule has 3 aromatic rings. The third-order valence-corrected chi connectivity index (χ3v) is 3.70. The second-order valence-corrected chi connectivity index (χ2v) is 5.87. The zero-order chi connectivity index (χ0) is 20.1. The van der Waals surface area contributed by atoms with Gasteiger partial charge in [0, 0.05) is 17.7 Å². The van der Waals surface area contributed by atoms with E-state index in [9.17, 15) is 9.90 Å². The number of rotatable bonds is 5. The average molecular weight is 381 g/mol. The zero-order valence-electron chi connectivity index (χ0n) is 15.6. The van der Waals surface area contributed by atoms with Gasteiger partial charge in [-0.3, -0.25) is 5.32 Å². The normalized spacial score (nSPS) is 10.8. The van der Waals surface area contributed by atoms with Crippen LogP contribution in [0.25, 0.3) is 6.08 Å². The molecule has 2 aromatic heterocycles. The van der Waals surface area contributed by atoms with E-state index in [0.717, 1.165) is 11.3 Å². The molecule has 3 rings (SSSR count). The number of urea groups is 1. The molecule has 0 saturated heterocycles. The number of amides is 2. The average Bonchev–Trinajstić information content (AvgIpc) is 3.05. The maximum atomic E-state index is 12.0. The Balaban J connectivity index is 1.70. The van der Waals surface area contributed by atoms with E-state index < -0.39 is 6.03 Å². The lowest BCUT2D eigenvalue weighted by atomic mass is 10.2. The van der Waals surface area contributed by atoms with Crippen molar-refractivity contribution in [2.75, 3.05) is 10.6 Å². The summed E-state index contributed by atoms with van der Waals surface area (Å²) < 4.78 is 10.6. The van der Waals surface area contributed by atoms with Gasteiger partial charge in [0.1, 0.15) is 23.6 Å². The standard InChI is InChI=1S/C19H19N5O4/c1-4-5-14-12(3)18(21-10-20-14)27-13-6-7-15(16(25)9-13)22-19(26)23-17-8-11(2)28-24-17/h4-10,25H,1-3H3,(H2,22,23,24,26)/b5-4-. The first-order valence-electron chi connectivity index (χ1n) is 8.42. The Bertz CT molecular complexity index is 1030. The summed E-state index contributed by atoms with van der Waals surface area (Å²) >= 11 is 0. The summed E-state index contributed by atoms with van der Waals surface area (Å²) in [6.07, 6.45) is 5.13. The molecule has 0 spiro atoms. The molecule has 0 radical (unpaired) electrons. The molecular formula is C19H19N5O4. The van der Waals surface area contributed by atoms with Gasteiger partial charge in [0.25, 0.3) is 0 Å². The van der Waals surface area contributed by atoms with E-state index in [0.29, 0.717) is 17.4 Å². The van der Waals surface area contributed by atoms with Crippen LogP contribution in [0.15, 0.2) is 41.2 Å². The highest BCUT2D eigenvalue weighted by atomic mass is 16.5. The van der Waals surface area contributed by atoms with Gasteiger partial charge in [0.2, 0.25) is 5.88 Å². The highest BCUT2D eigenvalue weighted by Gasteiger charge is 2.12. The Labute approximate surface area is 161 Å². The number of anilines is 2. The molecule has 0 fully saturated rings. The fourth-order valence-corrected chi connectivity index (χ4v) is 2.36. The van der Waals surface area contributed by atoms with E-state index in [1.54, 1.807) is 19.1 Å². The predicted octanol–water partition coefficient (Wildman–Crippen LogP) is 4.26. The number of phenols is 1. The maximum Gasteiger partial charge on any atom is 0.325 e. The van der Waals surface area contributed by atoms with E-state index in [2.05, 4.69) is 25.8 Å². The second-order valence-electron chi connectivity index (χ2n) is 5.87. The van der Waals surface area contributed by atoms with Crippen molar-refractivity contribution < 1.29 is 19.2 Å². The minimum atomic E-state index is -0.570. The molecule has 3 N–H and O–H groups in total. The molecule has 144 valence electrons. The number of nitrogens with zero attached hydrogens (tertiary/aromatic N) is 3. The minimum absolute atomic E-state index is 0.163. The van der Waals surface area contributed by atoms with Crippen LogP contribution in [0.5, 0.6) is 17.4 Å². The van der Waals surface area contributed by atoms with Crippen LogP contribution in [0.4, 0.5) is 16.3 Å². The van der Waals surface area contributed by atoms with Crippen molar-refractivity contribution in [1.82, 2.24) is 15.1 Å². The Hall–Kier alpha value is -3.88. The Morgan fingerprint density at radius 3 is 2.71 bits per heavy atom. The highest BCUT2D eigenvalue weighted by Crippen LogP contribution is 2.31. The number of carbonyl (C=O) groups excluding carboxylic acids is 1. The molecule has 9 heteroatoms. The third kappa shape index (κ3) is 4.44. The summed E-state index contributed by atoms with van der Waals surface area (Å²) in [6.45, 7) is 5.45. The summed E-state index contributed by atoms with van der Waals surface area (Å²) in [4.78, 5) is 20.3. The summed E-state index contributed by atoms with van der Waals surface area (Å²) in [5, 5.41) is 18.9. The molecule has 28 heavy (non-hydrogen) atoms. The van der Waals surface area contributed by atoms with Crippen molar-refractivity contribution in [3.05, 3.63) is 53.7 Å². The smallest absolute Gasteiger partial charge is 0.325 e. The zero-order valence-corrected chi connectivity index (χ0v) is 15.6. The number of carbonyl (C=O) groups is 1. The topological polar surface area (TPSA) is 122 Å². The Morgan fingerprint density at radius 2 is 2.04 bits per heavy atom. The largest absolute Gasteiger partial charge is 0.506 e. The molecule has 0 aliphatic heterocycles. The van der Waals surface area contributed by atoms with Crippen LogP contribution < -0.4 is 15.4 Å². The van der Waals surface area contributed by atoms with Gasteiger partial charge in [-0.25, -0.2) is 14.8 Å². The lowest BCUT2D eigenvalue weighted by Crippen LogP contribution is -2.19. The number of hydrogen-bond acceptors (Lipinski definition) is 7. The number of phenolic OH excluding ortho intramolecular Hbond substituents is 1. The van der Waals surface area contributed by atoms with Crippen molar-refractivity contribution in [2.24, 2.45) is 0 Å². The second kappa shape index (κ2) is 8.21. The van der Waals surface area contributed by atoms with E-state index in [1.807, 2.05) is 26.0 Å². The van der Waals surface area contributed by atoms with E-state index in [-0.39, 0.29) is 17.3 Å². The van der Waals surface area contributed by atoms with E-state index >= 15 is 0 Å². The van der Waals surface area contributed by atoms with Crippen LogP contribution >= 0.6 is 0 Å². The van der Waals surface area contributed by atoms with Gasteiger partial charge in [0.05, 0.1) is 11.4 Å². The van der Waals surface area contributed by atoms with Crippen LogP contribution in [-0.4, -0.2) is 26.3 Å². The fourth-order valence-electron chi connectivity index (χ4n) is 2.36. The predicted molar refractivity (Wildman–Crippen MR) is 104 cm³/mol. The molecule has 0 bridgehead atoms. The molecule has 0 unspecified atom stereocenters. The number of allylic oxidation sites excluding steroid dienone is 1. The van der Waals surface area contributed by atoms with Crippen molar-refractivity contribution in [1.29, 1.82) is 0 Å². The monoisotopic (exact) mass is 381 g/mol. The first kappa shape index (κ1) is 18.9. The summed E-state index contributed by atoms with van der Waals surface area (Å²) in [5.74, 6) is 1.42. The number of benzene rings is 1. The Morgan fingerprint density at radius 1 is 1.21 bits per heavy atom. The van der Waals surface area contributed by atoms with Crippen LogP contribution in [0.3, 0.4) is 0 Å². The highest BCUT2D eigenvalue weighted by molar-refractivity contribution is 6.00. The lowest BCUT2D eigenvalue weighted by molar-refractivity contribution is 0.261. The Kier molecular flexibility index (Phi) is 5.54. The molecule has 1 aromatic carbocycles. The van der Waals surface area contributed by atoms with Crippen molar-refractivity contribution in [2.45, 2.75) is 20.8 Å². The molecule has 2 amide bonds. The quantitative estimate of drug-likeness (QED) is 0.564. The number of ether oxygens (including phenoxy) is 1. The minimum Gasteiger partial charge on any atom is -0.506 e. The third-order valence-electron chi connectivity index (χ3n) is 3.70. The number of aromatic nitrogens is 3. The van der Waals surface area contributed by atoms with Gasteiger partial charge in [-0.2, -0.15) is 0 Å². The first-order chi connectivity index (χ1) is 13.5. The number of aromatic hydroxyl groups is 1. The molecular weight excluding hydrogens is 362 g/mol. The van der Waals surface area contributed by atoms with Gasteiger partial charge >= 0.3 is 6.03 Å². The van der Waals surface area contributed by atoms with Gasteiger partial charge in [-0.1, -0.05) is 11.2 Å². The summed E-state index contributed by atoms with van der Waals surface area (Å²) in [6, 6.07) is 5.50. The maximum absolute atomic E-state index is 12.0. The molecule has 0 saturated carbocycles. The summed E-state index contributed by atoms with van der Waals surface area (Å²) in [7, 11) is 0. The van der Waals surface area contributed by atoms with Crippen LogP contribution in [0.1, 0.15) is 23.9 Å². The van der Waals surface area contributed by atoms with Crippen molar-refractivity contribution >= 4 is 23.6 Å². The van der Waals surface area contributed by atoms with Gasteiger partial charge in [-0.05, 0) is 39.0 Å². The number of nitrogens with one attached hydrogen (secondary N) is 2. The van der Waals surface area contributed by atoms with E-state index in [4.69, 9.17) is 9.26 Å². The van der Waals surface area contributed by atoms with E-state index in [1.165, 1.54) is 18.5 Å². The fraction of sp³-hybridized carbons (Fsp3) is 0.158. The number of aryl methyl sites for hydroxylation is 1. The van der Waals surface area contributed by atoms with Gasteiger partial charge < -0.3 is 19.7 Å². The first-order valence-corrected chi connectivity index (χ1v) is 8.42. The van der Waals surface area contributed by atoms with Gasteiger partial charge in [0.15, 0.2) is 5.82 Å². The van der Waals surface area contributed by atoms with Crippen molar-refractivity contribution in [3.8, 4) is 17.4 Å². The van der Waals surface area contributed by atoms with Crippen LogP contribution in [0.2, 0.25) is 0 Å². The molecule has 2 heterocycles.